The van der Waals surface area contributed by atoms with Crippen molar-refractivity contribution in [1.82, 2.24) is 4.98 Å². The third-order valence-electron chi connectivity index (χ3n) is 2.65. The SMILES string of the molecule is COc1cc(CO)ccc1Oc1cnccc1C(=O)O. The average molecular weight is 275 g/mol. The van der Waals surface area contributed by atoms with Gasteiger partial charge in [-0.15, -0.1) is 0 Å². The number of carboxylic acids is 1. The van der Waals surface area contributed by atoms with Crippen molar-refractivity contribution >= 4 is 5.97 Å². The van der Waals surface area contributed by atoms with Gasteiger partial charge in [0.1, 0.15) is 5.56 Å². The van der Waals surface area contributed by atoms with Crippen LogP contribution in [0.25, 0.3) is 0 Å². The van der Waals surface area contributed by atoms with Gasteiger partial charge >= 0.3 is 5.97 Å². The minimum absolute atomic E-state index is 0.00767. The van der Waals surface area contributed by atoms with Gasteiger partial charge < -0.3 is 19.7 Å². The quantitative estimate of drug-likeness (QED) is 0.868. The molecule has 20 heavy (non-hydrogen) atoms. The molecule has 1 aromatic carbocycles. The van der Waals surface area contributed by atoms with Gasteiger partial charge in [-0.05, 0) is 23.8 Å². The molecule has 104 valence electrons. The molecular weight excluding hydrogens is 262 g/mol. The Morgan fingerprint density at radius 3 is 2.70 bits per heavy atom. The first-order valence-electron chi connectivity index (χ1n) is 5.78. The monoisotopic (exact) mass is 275 g/mol. The number of hydrogen-bond acceptors (Lipinski definition) is 5. The summed E-state index contributed by atoms with van der Waals surface area (Å²) in [5, 5.41) is 18.2. The van der Waals surface area contributed by atoms with E-state index in [1.54, 1.807) is 18.2 Å². The lowest BCUT2D eigenvalue weighted by molar-refractivity contribution is 0.0694. The molecule has 0 spiro atoms. The minimum atomic E-state index is -1.10. The van der Waals surface area contributed by atoms with E-state index in [2.05, 4.69) is 4.98 Å². The van der Waals surface area contributed by atoms with Crippen molar-refractivity contribution in [3.63, 3.8) is 0 Å². The molecule has 0 saturated carbocycles. The van der Waals surface area contributed by atoms with Gasteiger partial charge in [0.15, 0.2) is 17.2 Å². The Labute approximate surface area is 115 Å². The third kappa shape index (κ3) is 2.86. The molecule has 0 aliphatic heterocycles. The van der Waals surface area contributed by atoms with E-state index in [1.165, 1.54) is 25.6 Å². The summed E-state index contributed by atoms with van der Waals surface area (Å²) in [5.74, 6) is -0.236. The summed E-state index contributed by atoms with van der Waals surface area (Å²) in [4.78, 5) is 14.9. The predicted octanol–water partition coefficient (Wildman–Crippen LogP) is 2.07. The predicted molar refractivity (Wildman–Crippen MR) is 70.2 cm³/mol. The Hall–Kier alpha value is -2.60. The molecule has 0 aliphatic carbocycles. The zero-order valence-electron chi connectivity index (χ0n) is 10.7. The van der Waals surface area contributed by atoms with Gasteiger partial charge in [0.2, 0.25) is 0 Å². The van der Waals surface area contributed by atoms with Crippen molar-refractivity contribution in [2.24, 2.45) is 0 Å². The molecule has 1 heterocycles. The Kier molecular flexibility index (Phi) is 4.17. The van der Waals surface area contributed by atoms with Crippen LogP contribution >= 0.6 is 0 Å². The molecule has 0 fully saturated rings. The Bertz CT molecular complexity index is 627. The normalized spacial score (nSPS) is 10.1. The first-order chi connectivity index (χ1) is 9.65. The second kappa shape index (κ2) is 6.03. The van der Waals surface area contributed by atoms with Crippen molar-refractivity contribution < 1.29 is 24.5 Å². The van der Waals surface area contributed by atoms with Crippen LogP contribution in [0.4, 0.5) is 0 Å². The summed E-state index contributed by atoms with van der Waals surface area (Å²) in [6, 6.07) is 6.23. The topological polar surface area (TPSA) is 88.9 Å². The van der Waals surface area contributed by atoms with Gasteiger partial charge in [-0.1, -0.05) is 6.07 Å². The van der Waals surface area contributed by atoms with E-state index in [1.807, 2.05) is 0 Å². The zero-order chi connectivity index (χ0) is 14.5. The van der Waals surface area contributed by atoms with Crippen molar-refractivity contribution in [1.29, 1.82) is 0 Å². The first-order valence-corrected chi connectivity index (χ1v) is 5.78. The second-order valence-electron chi connectivity index (χ2n) is 3.92. The van der Waals surface area contributed by atoms with Crippen molar-refractivity contribution in [2.75, 3.05) is 7.11 Å². The van der Waals surface area contributed by atoms with Gasteiger partial charge in [-0.3, -0.25) is 4.98 Å². The zero-order valence-corrected chi connectivity index (χ0v) is 10.7. The number of aliphatic hydroxyl groups is 1. The van der Waals surface area contributed by atoms with Crippen LogP contribution in [0.3, 0.4) is 0 Å². The number of ether oxygens (including phenoxy) is 2. The average Bonchev–Trinajstić information content (AvgIpc) is 2.48. The van der Waals surface area contributed by atoms with Crippen LogP contribution in [-0.2, 0) is 6.61 Å². The summed E-state index contributed by atoms with van der Waals surface area (Å²) in [5.41, 5.74) is 0.673. The molecule has 0 bridgehead atoms. The molecule has 0 atom stereocenters. The molecule has 6 heteroatoms. The lowest BCUT2D eigenvalue weighted by atomic mass is 10.2. The minimum Gasteiger partial charge on any atom is -0.493 e. The molecule has 2 rings (SSSR count). The highest BCUT2D eigenvalue weighted by molar-refractivity contribution is 5.90. The van der Waals surface area contributed by atoms with E-state index in [0.29, 0.717) is 17.1 Å². The van der Waals surface area contributed by atoms with Crippen molar-refractivity contribution in [2.45, 2.75) is 6.61 Å². The van der Waals surface area contributed by atoms with Gasteiger partial charge in [0.25, 0.3) is 0 Å². The largest absolute Gasteiger partial charge is 0.493 e. The summed E-state index contributed by atoms with van der Waals surface area (Å²) in [7, 11) is 1.46. The molecule has 0 radical (unpaired) electrons. The van der Waals surface area contributed by atoms with Gasteiger partial charge in [0, 0.05) is 6.20 Å². The van der Waals surface area contributed by atoms with E-state index >= 15 is 0 Å². The highest BCUT2D eigenvalue weighted by Crippen LogP contribution is 2.33. The molecule has 1 aromatic heterocycles. The Morgan fingerprint density at radius 2 is 2.05 bits per heavy atom. The number of pyridine rings is 1. The number of carbonyl (C=O) groups is 1. The maximum Gasteiger partial charge on any atom is 0.339 e. The van der Waals surface area contributed by atoms with E-state index in [-0.39, 0.29) is 17.9 Å². The van der Waals surface area contributed by atoms with Crippen LogP contribution in [0.5, 0.6) is 17.2 Å². The molecule has 0 aliphatic rings. The first kappa shape index (κ1) is 13.8. The fraction of sp³-hybridized carbons (Fsp3) is 0.143. The van der Waals surface area contributed by atoms with Gasteiger partial charge in [0.05, 0.1) is 19.9 Å². The number of hydrogen-bond donors (Lipinski definition) is 2. The van der Waals surface area contributed by atoms with Gasteiger partial charge in [-0.2, -0.15) is 0 Å². The standard InChI is InChI=1S/C14H13NO5/c1-19-12-6-9(8-16)2-3-11(12)20-13-7-15-5-4-10(13)14(17)18/h2-7,16H,8H2,1H3,(H,17,18). The number of benzene rings is 1. The van der Waals surface area contributed by atoms with Crippen LogP contribution in [0.15, 0.2) is 36.7 Å². The maximum absolute atomic E-state index is 11.1. The van der Waals surface area contributed by atoms with Crippen molar-refractivity contribution in [3.05, 3.63) is 47.8 Å². The highest BCUT2D eigenvalue weighted by Gasteiger charge is 2.14. The summed E-state index contributed by atoms with van der Waals surface area (Å²) in [6.07, 6.45) is 2.70. The van der Waals surface area contributed by atoms with E-state index < -0.39 is 5.97 Å². The molecule has 0 saturated heterocycles. The molecule has 2 aromatic rings. The summed E-state index contributed by atoms with van der Waals surface area (Å²) >= 11 is 0. The third-order valence-corrected chi connectivity index (χ3v) is 2.65. The summed E-state index contributed by atoms with van der Waals surface area (Å²) in [6.45, 7) is -0.121. The molecule has 0 amide bonds. The Balaban J connectivity index is 2.37. The lowest BCUT2D eigenvalue weighted by Gasteiger charge is -2.12. The van der Waals surface area contributed by atoms with E-state index in [4.69, 9.17) is 19.7 Å². The number of nitrogens with zero attached hydrogens (tertiary/aromatic N) is 1. The smallest absolute Gasteiger partial charge is 0.339 e. The fourth-order valence-electron chi connectivity index (χ4n) is 1.65. The number of aromatic nitrogens is 1. The highest BCUT2D eigenvalue weighted by atomic mass is 16.5. The maximum atomic E-state index is 11.1. The number of aliphatic hydroxyl groups excluding tert-OH is 1. The molecule has 0 unspecified atom stereocenters. The number of carboxylic acid groups (broad SMARTS) is 1. The van der Waals surface area contributed by atoms with Crippen LogP contribution in [-0.4, -0.2) is 28.3 Å². The number of aromatic carboxylic acids is 1. The molecular formula is C14H13NO5. The van der Waals surface area contributed by atoms with Crippen LogP contribution in [0.2, 0.25) is 0 Å². The van der Waals surface area contributed by atoms with Crippen LogP contribution in [0, 0.1) is 0 Å². The van der Waals surface area contributed by atoms with Crippen LogP contribution in [0.1, 0.15) is 15.9 Å². The van der Waals surface area contributed by atoms with Gasteiger partial charge in [-0.25, -0.2) is 4.79 Å². The summed E-state index contributed by atoms with van der Waals surface area (Å²) < 4.78 is 10.7. The molecule has 6 nitrogen and oxygen atoms in total. The fourth-order valence-corrected chi connectivity index (χ4v) is 1.65. The molecule has 2 N–H and O–H groups in total. The number of rotatable bonds is 5. The van der Waals surface area contributed by atoms with Crippen LogP contribution < -0.4 is 9.47 Å². The van der Waals surface area contributed by atoms with E-state index in [9.17, 15) is 4.79 Å². The number of methoxy groups -OCH3 is 1. The lowest BCUT2D eigenvalue weighted by Crippen LogP contribution is -2.01. The van der Waals surface area contributed by atoms with Crippen molar-refractivity contribution in [3.8, 4) is 17.2 Å². The Morgan fingerprint density at radius 1 is 1.25 bits per heavy atom. The second-order valence-corrected chi connectivity index (χ2v) is 3.92. The van der Waals surface area contributed by atoms with E-state index in [0.717, 1.165) is 0 Å².